The van der Waals surface area contributed by atoms with Gasteiger partial charge in [0.2, 0.25) is 0 Å². The van der Waals surface area contributed by atoms with Crippen LogP contribution in [0.5, 0.6) is 0 Å². The SMILES string of the molecule is NCC#Cc1ccc(C(=O)NCCc2ccc(Br)s2)nc1. The van der Waals surface area contributed by atoms with Gasteiger partial charge in [0.25, 0.3) is 5.91 Å². The summed E-state index contributed by atoms with van der Waals surface area (Å²) < 4.78 is 1.10. The van der Waals surface area contributed by atoms with E-state index in [0.29, 0.717) is 18.8 Å². The largest absolute Gasteiger partial charge is 0.350 e. The Morgan fingerprint density at radius 3 is 2.86 bits per heavy atom. The van der Waals surface area contributed by atoms with Crippen LogP contribution >= 0.6 is 27.3 Å². The first-order chi connectivity index (χ1) is 10.2. The molecule has 0 aromatic carbocycles. The van der Waals surface area contributed by atoms with E-state index in [1.54, 1.807) is 29.7 Å². The van der Waals surface area contributed by atoms with Crippen LogP contribution in [0.3, 0.4) is 0 Å². The molecule has 0 aliphatic rings. The molecule has 0 radical (unpaired) electrons. The van der Waals surface area contributed by atoms with Gasteiger partial charge in [-0.2, -0.15) is 0 Å². The molecule has 0 atom stereocenters. The van der Waals surface area contributed by atoms with Crippen LogP contribution in [0.25, 0.3) is 0 Å². The standard InChI is InChI=1S/C15H14BrN3OS/c16-14-6-4-12(21-14)7-9-18-15(20)13-5-3-11(10-19-13)2-1-8-17/h3-6,10H,7-9,17H2,(H,18,20). The van der Waals surface area contributed by atoms with Crippen molar-refractivity contribution in [2.45, 2.75) is 6.42 Å². The fraction of sp³-hybridized carbons (Fsp3) is 0.200. The Balaban J connectivity index is 1.85. The summed E-state index contributed by atoms with van der Waals surface area (Å²) in [6, 6.07) is 7.48. The minimum atomic E-state index is -0.177. The molecule has 2 aromatic heterocycles. The zero-order valence-corrected chi connectivity index (χ0v) is 13.6. The van der Waals surface area contributed by atoms with Gasteiger partial charge >= 0.3 is 0 Å². The highest BCUT2D eigenvalue weighted by Crippen LogP contribution is 2.22. The number of carbonyl (C=O) groups excluding carboxylic acids is 1. The van der Waals surface area contributed by atoms with Crippen molar-refractivity contribution in [1.82, 2.24) is 10.3 Å². The monoisotopic (exact) mass is 363 g/mol. The predicted octanol–water partition coefficient (Wildman–Crippen LogP) is 2.19. The van der Waals surface area contributed by atoms with E-state index in [1.807, 2.05) is 12.1 Å². The third-order valence-electron chi connectivity index (χ3n) is 2.62. The molecule has 21 heavy (non-hydrogen) atoms. The van der Waals surface area contributed by atoms with E-state index in [-0.39, 0.29) is 5.91 Å². The smallest absolute Gasteiger partial charge is 0.269 e. The van der Waals surface area contributed by atoms with Crippen LogP contribution in [0.15, 0.2) is 34.2 Å². The molecule has 2 aromatic rings. The van der Waals surface area contributed by atoms with Crippen molar-refractivity contribution in [3.63, 3.8) is 0 Å². The number of nitrogens with two attached hydrogens (primary N) is 1. The average Bonchev–Trinajstić information content (AvgIpc) is 2.91. The van der Waals surface area contributed by atoms with Gasteiger partial charge in [-0.1, -0.05) is 11.8 Å². The molecule has 2 heterocycles. The number of nitrogens with one attached hydrogen (secondary N) is 1. The van der Waals surface area contributed by atoms with Gasteiger partial charge in [-0.3, -0.25) is 4.79 Å². The first-order valence-electron chi connectivity index (χ1n) is 6.36. The molecule has 1 amide bonds. The van der Waals surface area contributed by atoms with Gasteiger partial charge < -0.3 is 11.1 Å². The van der Waals surface area contributed by atoms with E-state index in [2.05, 4.69) is 38.1 Å². The Kier molecular flexibility index (Phi) is 5.93. The lowest BCUT2D eigenvalue weighted by Gasteiger charge is -2.03. The second-order valence-corrected chi connectivity index (χ2v) is 6.70. The Morgan fingerprint density at radius 2 is 2.24 bits per heavy atom. The van der Waals surface area contributed by atoms with Crippen LogP contribution < -0.4 is 11.1 Å². The number of hydrogen-bond acceptors (Lipinski definition) is 4. The number of halogens is 1. The highest BCUT2D eigenvalue weighted by molar-refractivity contribution is 9.11. The molecule has 108 valence electrons. The molecule has 0 bridgehead atoms. The van der Waals surface area contributed by atoms with Crippen LogP contribution in [0.2, 0.25) is 0 Å². The van der Waals surface area contributed by atoms with Gasteiger partial charge in [0.15, 0.2) is 0 Å². The minimum Gasteiger partial charge on any atom is -0.350 e. The maximum atomic E-state index is 11.9. The molecule has 0 fully saturated rings. The van der Waals surface area contributed by atoms with Crippen molar-refractivity contribution in [2.75, 3.05) is 13.1 Å². The zero-order chi connectivity index (χ0) is 15.1. The van der Waals surface area contributed by atoms with E-state index in [1.165, 1.54) is 4.88 Å². The Bertz CT molecular complexity index is 670. The Labute approximate surface area is 135 Å². The molecular weight excluding hydrogens is 350 g/mol. The van der Waals surface area contributed by atoms with E-state index in [4.69, 9.17) is 5.73 Å². The zero-order valence-electron chi connectivity index (χ0n) is 11.2. The number of carbonyl (C=O) groups is 1. The van der Waals surface area contributed by atoms with Crippen LogP contribution in [-0.4, -0.2) is 24.0 Å². The Morgan fingerprint density at radius 1 is 1.38 bits per heavy atom. The highest BCUT2D eigenvalue weighted by Gasteiger charge is 2.06. The molecular formula is C15H14BrN3OS. The number of thiophene rings is 1. The van der Waals surface area contributed by atoms with Crippen molar-refractivity contribution < 1.29 is 4.79 Å². The van der Waals surface area contributed by atoms with E-state index in [9.17, 15) is 4.79 Å². The molecule has 0 aliphatic carbocycles. The molecule has 0 unspecified atom stereocenters. The summed E-state index contributed by atoms with van der Waals surface area (Å²) in [5.41, 5.74) is 6.44. The van der Waals surface area contributed by atoms with Gasteiger partial charge in [0.05, 0.1) is 10.3 Å². The summed E-state index contributed by atoms with van der Waals surface area (Å²) in [5, 5.41) is 2.85. The number of hydrogen-bond donors (Lipinski definition) is 2. The van der Waals surface area contributed by atoms with Crippen molar-refractivity contribution in [2.24, 2.45) is 5.73 Å². The number of aromatic nitrogens is 1. The maximum Gasteiger partial charge on any atom is 0.269 e. The molecule has 0 saturated carbocycles. The summed E-state index contributed by atoms with van der Waals surface area (Å²) >= 11 is 5.09. The number of rotatable bonds is 4. The molecule has 2 rings (SSSR count). The fourth-order valence-corrected chi connectivity index (χ4v) is 3.11. The molecule has 3 N–H and O–H groups in total. The second kappa shape index (κ2) is 7.93. The third kappa shape index (κ3) is 4.97. The van der Waals surface area contributed by atoms with E-state index >= 15 is 0 Å². The topological polar surface area (TPSA) is 68.0 Å². The average molecular weight is 364 g/mol. The maximum absolute atomic E-state index is 11.9. The van der Waals surface area contributed by atoms with Crippen molar-refractivity contribution in [3.8, 4) is 11.8 Å². The molecule has 0 spiro atoms. The predicted molar refractivity (Wildman–Crippen MR) is 88.2 cm³/mol. The highest BCUT2D eigenvalue weighted by atomic mass is 79.9. The summed E-state index contributed by atoms with van der Waals surface area (Å²) in [7, 11) is 0. The molecule has 4 nitrogen and oxygen atoms in total. The lowest BCUT2D eigenvalue weighted by atomic mass is 10.2. The van der Waals surface area contributed by atoms with Gasteiger partial charge in [0, 0.05) is 23.2 Å². The lowest BCUT2D eigenvalue weighted by molar-refractivity contribution is 0.0949. The summed E-state index contributed by atoms with van der Waals surface area (Å²) in [6.45, 7) is 0.892. The van der Waals surface area contributed by atoms with E-state index < -0.39 is 0 Å². The molecule has 6 heteroatoms. The molecule has 0 aliphatic heterocycles. The minimum absolute atomic E-state index is 0.177. The summed E-state index contributed by atoms with van der Waals surface area (Å²) in [5.74, 6) is 5.43. The van der Waals surface area contributed by atoms with E-state index in [0.717, 1.165) is 15.8 Å². The van der Waals surface area contributed by atoms with Gasteiger partial charge in [-0.05, 0) is 46.6 Å². The van der Waals surface area contributed by atoms with Crippen molar-refractivity contribution >= 4 is 33.2 Å². The van der Waals surface area contributed by atoms with Crippen LogP contribution in [0.4, 0.5) is 0 Å². The lowest BCUT2D eigenvalue weighted by Crippen LogP contribution is -2.26. The van der Waals surface area contributed by atoms with Crippen LogP contribution in [0.1, 0.15) is 20.9 Å². The van der Waals surface area contributed by atoms with Crippen LogP contribution in [0, 0.1) is 11.8 Å². The summed E-state index contributed by atoms with van der Waals surface area (Å²) in [4.78, 5) is 17.3. The third-order valence-corrected chi connectivity index (χ3v) is 4.30. The van der Waals surface area contributed by atoms with Crippen molar-refractivity contribution in [3.05, 3.63) is 50.4 Å². The van der Waals surface area contributed by atoms with Gasteiger partial charge in [-0.15, -0.1) is 11.3 Å². The quantitative estimate of drug-likeness (QED) is 0.818. The molecule has 0 saturated heterocycles. The second-order valence-electron chi connectivity index (χ2n) is 4.15. The number of pyridine rings is 1. The fourth-order valence-electron chi connectivity index (χ4n) is 1.63. The first kappa shape index (κ1) is 15.7. The van der Waals surface area contributed by atoms with Crippen molar-refractivity contribution in [1.29, 1.82) is 0 Å². The number of nitrogens with zero attached hydrogens (tertiary/aromatic N) is 1. The van der Waals surface area contributed by atoms with Gasteiger partial charge in [-0.25, -0.2) is 4.98 Å². The number of amides is 1. The Hall–Kier alpha value is -1.68. The first-order valence-corrected chi connectivity index (χ1v) is 7.97. The van der Waals surface area contributed by atoms with Gasteiger partial charge in [0.1, 0.15) is 5.69 Å². The normalized spacial score (nSPS) is 9.81. The van der Waals surface area contributed by atoms with Crippen LogP contribution in [-0.2, 0) is 6.42 Å². The summed E-state index contributed by atoms with van der Waals surface area (Å²) in [6.07, 6.45) is 2.38.